The highest BCUT2D eigenvalue weighted by atomic mass is 19.4. The molecule has 0 saturated heterocycles. The van der Waals surface area contributed by atoms with Crippen LogP contribution in [0.2, 0.25) is 0 Å². The third kappa shape index (κ3) is 4.93. The first kappa shape index (κ1) is 27.5. The largest absolute Gasteiger partial charge is 0.418 e. The average molecular weight is 594 g/mol. The molecule has 5 heterocycles. The van der Waals surface area contributed by atoms with Gasteiger partial charge in [0.05, 0.1) is 34.1 Å². The van der Waals surface area contributed by atoms with E-state index in [0.29, 0.717) is 24.2 Å². The zero-order valence-corrected chi connectivity index (χ0v) is 23.6. The van der Waals surface area contributed by atoms with Gasteiger partial charge in [0.1, 0.15) is 12.1 Å². The van der Waals surface area contributed by atoms with Gasteiger partial charge in [-0.05, 0) is 55.9 Å². The van der Waals surface area contributed by atoms with E-state index in [0.717, 1.165) is 46.7 Å². The first-order chi connectivity index (χ1) is 20.5. The van der Waals surface area contributed by atoms with Gasteiger partial charge in [0, 0.05) is 56.8 Å². The number of imidazole rings is 1. The number of aryl methyl sites for hydroxylation is 2. The van der Waals surface area contributed by atoms with Gasteiger partial charge < -0.3 is 15.0 Å². The summed E-state index contributed by atoms with van der Waals surface area (Å²) in [7, 11) is 3.61. The van der Waals surface area contributed by atoms with Gasteiger partial charge in [-0.2, -0.15) is 18.3 Å². The molecule has 43 heavy (non-hydrogen) atoms. The summed E-state index contributed by atoms with van der Waals surface area (Å²) in [6, 6.07) is 4.69. The molecule has 2 aliphatic rings. The molecule has 0 atom stereocenters. The van der Waals surface area contributed by atoms with Crippen molar-refractivity contribution >= 4 is 5.52 Å². The number of fused-ring (bicyclic) bond motifs is 1. The maximum atomic E-state index is 14.3. The number of aliphatic hydroxyl groups is 1. The number of halogens is 3. The zero-order valence-electron chi connectivity index (χ0n) is 23.6. The molecular formula is C29H30F3N9O2. The van der Waals surface area contributed by atoms with E-state index < -0.39 is 23.0 Å². The minimum atomic E-state index is -4.69. The van der Waals surface area contributed by atoms with Crippen LogP contribution in [-0.4, -0.2) is 55.7 Å². The molecule has 2 saturated carbocycles. The molecule has 11 nitrogen and oxygen atoms in total. The Morgan fingerprint density at radius 3 is 2.58 bits per heavy atom. The fraction of sp³-hybridized carbons (Fsp3) is 0.414. The average Bonchev–Trinajstić information content (AvgIpc) is 3.49. The summed E-state index contributed by atoms with van der Waals surface area (Å²) in [5.74, 6) is 1.02. The summed E-state index contributed by atoms with van der Waals surface area (Å²) in [6.07, 6.45) is 5.31. The third-order valence-corrected chi connectivity index (χ3v) is 8.44. The van der Waals surface area contributed by atoms with Gasteiger partial charge in [-0.3, -0.25) is 13.6 Å². The number of alkyl halides is 3. The van der Waals surface area contributed by atoms with Crippen LogP contribution >= 0.6 is 0 Å². The van der Waals surface area contributed by atoms with E-state index in [4.69, 9.17) is 4.98 Å². The van der Waals surface area contributed by atoms with Crippen molar-refractivity contribution in [3.8, 4) is 28.5 Å². The van der Waals surface area contributed by atoms with Crippen LogP contribution in [0.3, 0.4) is 0 Å². The molecule has 7 rings (SSSR count). The Hall–Kier alpha value is -4.30. The number of aromatic nitrogens is 8. The number of nitrogens with one attached hydrogen (secondary N) is 1. The highest BCUT2D eigenvalue weighted by Gasteiger charge is 2.36. The predicted molar refractivity (Wildman–Crippen MR) is 150 cm³/mol. The van der Waals surface area contributed by atoms with Crippen LogP contribution in [0.4, 0.5) is 13.2 Å². The molecule has 0 spiro atoms. The lowest BCUT2D eigenvalue weighted by Crippen LogP contribution is -2.46. The van der Waals surface area contributed by atoms with Crippen LogP contribution in [0.25, 0.3) is 34.0 Å². The van der Waals surface area contributed by atoms with E-state index >= 15 is 0 Å². The van der Waals surface area contributed by atoms with Gasteiger partial charge in [0.2, 0.25) is 0 Å². The standard InChI is InChI=1S/C29H30F3N9O2/c1-38-16-34-37-26(38)20-12-35-39(2)25(20)19-9-22(18-4-5-18)36-24(10-19)41-14-23-21(29(30,31)32)8-17(13-40(23)27(41)42)11-33-15-28(43)6-3-7-28/h8-10,12-14,16,18,33,43H,3-7,11,15H2,1-2H3. The highest BCUT2D eigenvalue weighted by molar-refractivity contribution is 5.78. The van der Waals surface area contributed by atoms with E-state index in [9.17, 15) is 23.1 Å². The second-order valence-corrected chi connectivity index (χ2v) is 11.7. The van der Waals surface area contributed by atoms with Gasteiger partial charge in [0.25, 0.3) is 0 Å². The van der Waals surface area contributed by atoms with Crippen LogP contribution in [0.5, 0.6) is 0 Å². The van der Waals surface area contributed by atoms with E-state index in [-0.39, 0.29) is 35.9 Å². The highest BCUT2D eigenvalue weighted by Crippen LogP contribution is 2.42. The second kappa shape index (κ2) is 9.88. The van der Waals surface area contributed by atoms with Crippen molar-refractivity contribution in [2.75, 3.05) is 6.54 Å². The molecule has 5 aromatic heterocycles. The molecule has 2 fully saturated rings. The van der Waals surface area contributed by atoms with E-state index in [1.54, 1.807) is 34.9 Å². The quantitative estimate of drug-likeness (QED) is 0.282. The molecule has 0 aliphatic heterocycles. The number of hydrogen-bond acceptors (Lipinski definition) is 7. The van der Waals surface area contributed by atoms with Gasteiger partial charge in [-0.1, -0.05) is 0 Å². The molecular weight excluding hydrogens is 563 g/mol. The van der Waals surface area contributed by atoms with Crippen molar-refractivity contribution in [2.45, 2.75) is 56.3 Å². The smallest absolute Gasteiger partial charge is 0.389 e. The van der Waals surface area contributed by atoms with Crippen LogP contribution in [0, 0.1) is 0 Å². The van der Waals surface area contributed by atoms with Crippen molar-refractivity contribution in [3.05, 3.63) is 70.4 Å². The Kier molecular flexibility index (Phi) is 6.32. The lowest BCUT2D eigenvalue weighted by atomic mass is 9.80. The van der Waals surface area contributed by atoms with E-state index in [2.05, 4.69) is 20.6 Å². The maximum absolute atomic E-state index is 14.3. The Labute approximate surface area is 243 Å². The summed E-state index contributed by atoms with van der Waals surface area (Å²) < 4.78 is 48.5. The van der Waals surface area contributed by atoms with E-state index in [1.807, 2.05) is 13.1 Å². The topological polar surface area (TPSA) is 120 Å². The molecule has 0 amide bonds. The summed E-state index contributed by atoms with van der Waals surface area (Å²) in [5.41, 5.74) is 0.523. The Balaban J connectivity index is 1.34. The zero-order chi connectivity index (χ0) is 30.1. The Bertz CT molecular complexity index is 1910. The van der Waals surface area contributed by atoms with Crippen molar-refractivity contribution in [3.63, 3.8) is 0 Å². The lowest BCUT2D eigenvalue weighted by molar-refractivity contribution is -0.136. The Morgan fingerprint density at radius 1 is 1.14 bits per heavy atom. The Morgan fingerprint density at radius 2 is 1.93 bits per heavy atom. The monoisotopic (exact) mass is 593 g/mol. The summed E-state index contributed by atoms with van der Waals surface area (Å²) in [4.78, 5) is 18.5. The minimum Gasteiger partial charge on any atom is -0.389 e. The van der Waals surface area contributed by atoms with Crippen LogP contribution < -0.4 is 11.0 Å². The molecule has 2 aliphatic carbocycles. The van der Waals surface area contributed by atoms with Crippen LogP contribution in [0.15, 0.2) is 47.9 Å². The number of pyridine rings is 2. The third-order valence-electron chi connectivity index (χ3n) is 8.44. The lowest BCUT2D eigenvalue weighted by Gasteiger charge is -2.36. The molecule has 0 unspecified atom stereocenters. The molecule has 0 aromatic carbocycles. The van der Waals surface area contributed by atoms with Gasteiger partial charge in [-0.25, -0.2) is 9.78 Å². The first-order valence-corrected chi connectivity index (χ1v) is 14.2. The number of hydrogen-bond donors (Lipinski definition) is 2. The van der Waals surface area contributed by atoms with Gasteiger partial charge in [0.15, 0.2) is 5.82 Å². The normalized spacial score (nSPS) is 16.6. The van der Waals surface area contributed by atoms with Crippen molar-refractivity contribution in [1.29, 1.82) is 0 Å². The molecule has 0 radical (unpaired) electrons. The molecule has 2 N–H and O–H groups in total. The SMILES string of the molecule is Cn1cnnc1-c1cnn(C)c1-c1cc(C2CC2)nc(-n2cc3c(C(F)(F)F)cc(CNCC4(O)CCC4)cn3c2=O)c1. The molecule has 224 valence electrons. The van der Waals surface area contributed by atoms with Crippen LogP contribution in [-0.2, 0) is 26.8 Å². The maximum Gasteiger partial charge on any atom is 0.418 e. The summed E-state index contributed by atoms with van der Waals surface area (Å²) in [6.45, 7) is 0.344. The van der Waals surface area contributed by atoms with Gasteiger partial charge in [-0.15, -0.1) is 10.2 Å². The predicted octanol–water partition coefficient (Wildman–Crippen LogP) is 3.58. The van der Waals surface area contributed by atoms with Crippen molar-refractivity contribution in [2.24, 2.45) is 14.1 Å². The van der Waals surface area contributed by atoms with E-state index in [1.165, 1.54) is 17.0 Å². The fourth-order valence-corrected chi connectivity index (χ4v) is 5.79. The number of nitrogens with zero attached hydrogens (tertiary/aromatic N) is 8. The number of rotatable bonds is 8. The first-order valence-electron chi connectivity index (χ1n) is 14.2. The molecule has 5 aromatic rings. The molecule has 0 bridgehead atoms. The van der Waals surface area contributed by atoms with Crippen LogP contribution in [0.1, 0.15) is 54.8 Å². The second-order valence-electron chi connectivity index (χ2n) is 11.7. The van der Waals surface area contributed by atoms with Crippen molar-refractivity contribution < 1.29 is 18.3 Å². The summed E-state index contributed by atoms with van der Waals surface area (Å²) in [5, 5.41) is 26.0. The summed E-state index contributed by atoms with van der Waals surface area (Å²) >= 11 is 0. The van der Waals surface area contributed by atoms with Crippen molar-refractivity contribution in [1.82, 2.24) is 43.8 Å². The van der Waals surface area contributed by atoms with Gasteiger partial charge >= 0.3 is 11.9 Å². The fourth-order valence-electron chi connectivity index (χ4n) is 5.79. The molecule has 14 heteroatoms. The minimum absolute atomic E-state index is 0.0732.